The quantitative estimate of drug-likeness (QED) is 0.669. The Labute approximate surface area is 113 Å². The van der Waals surface area contributed by atoms with Crippen LogP contribution in [-0.4, -0.2) is 47.6 Å². The second-order valence-electron chi connectivity index (χ2n) is 4.15. The van der Waals surface area contributed by atoms with Crippen LogP contribution in [0.1, 0.15) is 35.1 Å². The number of ether oxygens (including phenoxy) is 1. The van der Waals surface area contributed by atoms with E-state index in [9.17, 15) is 4.79 Å². The summed E-state index contributed by atoms with van der Waals surface area (Å²) in [5, 5.41) is 19.3. The maximum Gasteiger partial charge on any atom is 0.253 e. The van der Waals surface area contributed by atoms with E-state index in [1.54, 1.807) is 6.07 Å². The fourth-order valence-electron chi connectivity index (χ4n) is 1.61. The van der Waals surface area contributed by atoms with Crippen LogP contribution in [0.5, 0.6) is 0 Å². The minimum Gasteiger partial charge on any atom is -0.394 e. The molecule has 0 atom stereocenters. The minimum absolute atomic E-state index is 0.0220. The Kier molecular flexibility index (Phi) is 6.99. The van der Waals surface area contributed by atoms with Crippen molar-refractivity contribution in [1.29, 1.82) is 0 Å². The number of nitrogens with one attached hydrogen (secondary N) is 1. The van der Waals surface area contributed by atoms with Crippen molar-refractivity contribution in [3.63, 3.8) is 0 Å². The number of hydrogen-bond acceptors (Lipinski definition) is 5. The van der Waals surface area contributed by atoms with E-state index in [-0.39, 0.29) is 12.5 Å². The molecular weight excluding hydrogens is 246 g/mol. The van der Waals surface area contributed by atoms with Gasteiger partial charge in [-0.05, 0) is 25.8 Å². The first kappa shape index (κ1) is 15.5. The number of nitrogens with zero attached hydrogens (tertiary/aromatic N) is 2. The molecule has 0 aliphatic heterocycles. The summed E-state index contributed by atoms with van der Waals surface area (Å²) in [7, 11) is 0. The molecule has 0 spiro atoms. The molecule has 0 unspecified atom stereocenters. The molecule has 0 aliphatic rings. The highest BCUT2D eigenvalue weighted by molar-refractivity contribution is 5.95. The van der Waals surface area contributed by atoms with Gasteiger partial charge in [-0.3, -0.25) is 4.79 Å². The molecule has 0 aliphatic carbocycles. The lowest BCUT2D eigenvalue weighted by Gasteiger charge is -2.08. The lowest BCUT2D eigenvalue weighted by atomic mass is 10.1. The lowest BCUT2D eigenvalue weighted by Crippen LogP contribution is -2.27. The van der Waals surface area contributed by atoms with Crippen LogP contribution in [0.15, 0.2) is 6.07 Å². The summed E-state index contributed by atoms with van der Waals surface area (Å²) in [6.07, 6.45) is 1.39. The van der Waals surface area contributed by atoms with Crippen molar-refractivity contribution in [2.24, 2.45) is 0 Å². The molecule has 0 saturated heterocycles. The molecule has 0 radical (unpaired) electrons. The summed E-state index contributed by atoms with van der Waals surface area (Å²) in [5.74, 6) is -0.128. The second kappa shape index (κ2) is 8.55. The van der Waals surface area contributed by atoms with Crippen molar-refractivity contribution in [3.8, 4) is 0 Å². The number of aryl methyl sites for hydroxylation is 2. The van der Waals surface area contributed by atoms with Crippen molar-refractivity contribution in [1.82, 2.24) is 15.5 Å². The van der Waals surface area contributed by atoms with E-state index in [2.05, 4.69) is 15.5 Å². The number of amides is 1. The summed E-state index contributed by atoms with van der Waals surface area (Å²) in [4.78, 5) is 12.0. The van der Waals surface area contributed by atoms with Crippen molar-refractivity contribution in [3.05, 3.63) is 23.0 Å². The molecule has 2 N–H and O–H groups in total. The van der Waals surface area contributed by atoms with Gasteiger partial charge in [0.2, 0.25) is 0 Å². The van der Waals surface area contributed by atoms with Gasteiger partial charge in [-0.2, -0.15) is 10.2 Å². The predicted octanol–water partition coefficient (Wildman–Crippen LogP) is 0.476. The first-order valence-electron chi connectivity index (χ1n) is 6.49. The monoisotopic (exact) mass is 267 g/mol. The Morgan fingerprint density at radius 2 is 2.21 bits per heavy atom. The number of aromatic nitrogens is 2. The molecule has 0 aromatic carbocycles. The third-order valence-electron chi connectivity index (χ3n) is 2.56. The molecule has 6 nitrogen and oxygen atoms in total. The normalized spacial score (nSPS) is 10.5. The molecule has 1 amide bonds. The van der Waals surface area contributed by atoms with E-state index < -0.39 is 0 Å². The van der Waals surface area contributed by atoms with Gasteiger partial charge in [0, 0.05) is 13.2 Å². The summed E-state index contributed by atoms with van der Waals surface area (Å²) in [6, 6.07) is 1.75. The molecule has 1 aromatic heterocycles. The maximum absolute atomic E-state index is 12.0. The molecule has 1 heterocycles. The number of carbonyl (C=O) groups is 1. The summed E-state index contributed by atoms with van der Waals surface area (Å²) in [6.45, 7) is 5.17. The van der Waals surface area contributed by atoms with Gasteiger partial charge in [-0.1, -0.05) is 6.92 Å². The van der Waals surface area contributed by atoms with E-state index in [0.29, 0.717) is 43.9 Å². The predicted molar refractivity (Wildman–Crippen MR) is 71.0 cm³/mol. The minimum atomic E-state index is -0.128. The van der Waals surface area contributed by atoms with Gasteiger partial charge in [0.25, 0.3) is 5.91 Å². The Morgan fingerprint density at radius 1 is 1.42 bits per heavy atom. The molecule has 1 aromatic rings. The van der Waals surface area contributed by atoms with Gasteiger partial charge in [-0.15, -0.1) is 0 Å². The van der Waals surface area contributed by atoms with Gasteiger partial charge in [-0.25, -0.2) is 0 Å². The van der Waals surface area contributed by atoms with Crippen LogP contribution in [0.3, 0.4) is 0 Å². The van der Waals surface area contributed by atoms with E-state index in [1.165, 1.54) is 0 Å². The van der Waals surface area contributed by atoms with Crippen molar-refractivity contribution >= 4 is 5.91 Å². The fourth-order valence-corrected chi connectivity index (χ4v) is 1.61. The van der Waals surface area contributed by atoms with Crippen molar-refractivity contribution in [2.45, 2.75) is 26.7 Å². The van der Waals surface area contributed by atoms with Crippen LogP contribution in [0.4, 0.5) is 0 Å². The van der Waals surface area contributed by atoms with Crippen LogP contribution in [0.25, 0.3) is 0 Å². The number of aliphatic hydroxyl groups is 1. The maximum atomic E-state index is 12.0. The Balaban J connectivity index is 2.43. The van der Waals surface area contributed by atoms with Crippen LogP contribution < -0.4 is 5.32 Å². The zero-order valence-corrected chi connectivity index (χ0v) is 11.5. The smallest absolute Gasteiger partial charge is 0.253 e. The first-order chi connectivity index (χ1) is 9.19. The third-order valence-corrected chi connectivity index (χ3v) is 2.56. The van der Waals surface area contributed by atoms with Gasteiger partial charge < -0.3 is 15.2 Å². The van der Waals surface area contributed by atoms with Gasteiger partial charge >= 0.3 is 0 Å². The van der Waals surface area contributed by atoms with Crippen molar-refractivity contribution < 1.29 is 14.6 Å². The number of aliphatic hydroxyl groups excluding tert-OH is 1. The molecule has 19 heavy (non-hydrogen) atoms. The Hall–Kier alpha value is -1.53. The molecular formula is C13H21N3O3. The molecule has 1 rings (SSSR count). The zero-order chi connectivity index (χ0) is 14.1. The Morgan fingerprint density at radius 3 is 2.89 bits per heavy atom. The van der Waals surface area contributed by atoms with Gasteiger partial charge in [0.1, 0.15) is 0 Å². The van der Waals surface area contributed by atoms with Gasteiger partial charge in [0.15, 0.2) is 0 Å². The fraction of sp³-hybridized carbons (Fsp3) is 0.615. The molecule has 6 heteroatoms. The zero-order valence-electron chi connectivity index (χ0n) is 11.5. The largest absolute Gasteiger partial charge is 0.394 e. The highest BCUT2D eigenvalue weighted by Crippen LogP contribution is 2.07. The summed E-state index contributed by atoms with van der Waals surface area (Å²) < 4.78 is 5.11. The molecule has 0 saturated carbocycles. The van der Waals surface area contributed by atoms with Crippen molar-refractivity contribution in [2.75, 3.05) is 26.4 Å². The second-order valence-corrected chi connectivity index (χ2v) is 4.15. The van der Waals surface area contributed by atoms with Crippen LogP contribution in [0.2, 0.25) is 0 Å². The molecule has 0 fully saturated rings. The average molecular weight is 267 g/mol. The van der Waals surface area contributed by atoms with Crippen LogP contribution in [-0.2, 0) is 11.2 Å². The highest BCUT2D eigenvalue weighted by Gasteiger charge is 2.12. The van der Waals surface area contributed by atoms with E-state index in [1.807, 2.05) is 13.8 Å². The lowest BCUT2D eigenvalue weighted by molar-refractivity contribution is 0.0867. The van der Waals surface area contributed by atoms with Gasteiger partial charge in [0.05, 0.1) is 30.2 Å². The summed E-state index contributed by atoms with van der Waals surface area (Å²) >= 11 is 0. The topological polar surface area (TPSA) is 84.3 Å². The Bertz CT molecular complexity index is 410. The highest BCUT2D eigenvalue weighted by atomic mass is 16.5. The van der Waals surface area contributed by atoms with Crippen LogP contribution in [0, 0.1) is 6.92 Å². The van der Waals surface area contributed by atoms with E-state index >= 15 is 0 Å². The van der Waals surface area contributed by atoms with Crippen LogP contribution >= 0.6 is 0 Å². The molecule has 106 valence electrons. The average Bonchev–Trinajstić information content (AvgIpc) is 2.42. The van der Waals surface area contributed by atoms with E-state index in [4.69, 9.17) is 9.84 Å². The number of hydrogen-bond donors (Lipinski definition) is 2. The number of carbonyl (C=O) groups excluding carboxylic acids is 1. The van der Waals surface area contributed by atoms with E-state index in [0.717, 1.165) is 5.69 Å². The number of rotatable bonds is 8. The first-order valence-corrected chi connectivity index (χ1v) is 6.49. The summed E-state index contributed by atoms with van der Waals surface area (Å²) in [5.41, 5.74) is 2.03. The third kappa shape index (κ3) is 5.32. The SMILES string of the molecule is CCc1nnc(C)cc1C(=O)NCCCOCCO. The molecule has 0 bridgehead atoms. The standard InChI is InChI=1S/C13H21N3O3/c1-3-12-11(9-10(2)15-16-12)13(18)14-5-4-7-19-8-6-17/h9,17H,3-8H2,1-2H3,(H,14,18).